The van der Waals surface area contributed by atoms with E-state index in [-0.39, 0.29) is 17.8 Å². The summed E-state index contributed by atoms with van der Waals surface area (Å²) in [6, 6.07) is 12.4. The average molecular weight is 482 g/mol. The van der Waals surface area contributed by atoms with Gasteiger partial charge in [0.05, 0.1) is 9.38 Å². The summed E-state index contributed by atoms with van der Waals surface area (Å²) in [7, 11) is 0. The Balaban J connectivity index is 1.54. The fraction of sp³-hybridized carbons (Fsp3) is 0.105. The van der Waals surface area contributed by atoms with Crippen molar-refractivity contribution in [3.05, 3.63) is 68.0 Å². The topological polar surface area (TPSA) is 84.5 Å². The standard InChI is InChI=1S/C19H14BrClN2O4S/c20-14-7-12(8-16-18(25)23-19(26)28-16)3-6-15(14)27-10-17(24)22-9-11-1-4-13(21)5-2-11/h1-8H,9-10H2,(H,22,24)(H,23,25,26)/b16-8-. The normalized spacial score (nSPS) is 14.9. The number of hydrogen-bond acceptors (Lipinski definition) is 5. The van der Waals surface area contributed by atoms with Crippen molar-refractivity contribution >= 4 is 62.4 Å². The Bertz CT molecular complexity index is 963. The van der Waals surface area contributed by atoms with Gasteiger partial charge < -0.3 is 10.1 Å². The Kier molecular flexibility index (Phi) is 6.77. The first kappa shape index (κ1) is 20.4. The highest BCUT2D eigenvalue weighted by atomic mass is 79.9. The maximum atomic E-state index is 12.0. The van der Waals surface area contributed by atoms with Gasteiger partial charge in [0, 0.05) is 11.6 Å². The molecule has 1 saturated heterocycles. The molecule has 3 rings (SSSR count). The number of hydrogen-bond donors (Lipinski definition) is 2. The third-order valence-electron chi connectivity index (χ3n) is 3.66. The molecule has 3 amide bonds. The number of imide groups is 1. The first-order valence-corrected chi connectivity index (χ1v) is 10.1. The van der Waals surface area contributed by atoms with Crippen LogP contribution in [0.1, 0.15) is 11.1 Å². The molecule has 2 aromatic rings. The molecule has 0 aliphatic carbocycles. The van der Waals surface area contributed by atoms with Gasteiger partial charge in [-0.2, -0.15) is 0 Å². The van der Waals surface area contributed by atoms with Gasteiger partial charge in [0.1, 0.15) is 5.75 Å². The number of nitrogens with one attached hydrogen (secondary N) is 2. The van der Waals surface area contributed by atoms with Crippen molar-refractivity contribution in [3.63, 3.8) is 0 Å². The zero-order valence-corrected chi connectivity index (χ0v) is 17.5. The first-order valence-electron chi connectivity index (χ1n) is 8.09. The van der Waals surface area contributed by atoms with E-state index in [9.17, 15) is 14.4 Å². The molecule has 2 aromatic carbocycles. The summed E-state index contributed by atoms with van der Waals surface area (Å²) in [6.07, 6.45) is 1.61. The molecule has 2 N–H and O–H groups in total. The minimum atomic E-state index is -0.413. The van der Waals surface area contributed by atoms with E-state index in [0.29, 0.717) is 26.7 Å². The fourth-order valence-electron chi connectivity index (χ4n) is 2.29. The molecule has 0 atom stereocenters. The highest BCUT2D eigenvalue weighted by molar-refractivity contribution is 9.10. The van der Waals surface area contributed by atoms with Crippen molar-refractivity contribution < 1.29 is 19.1 Å². The van der Waals surface area contributed by atoms with E-state index < -0.39 is 5.91 Å². The maximum Gasteiger partial charge on any atom is 0.290 e. The molecule has 1 aliphatic rings. The largest absolute Gasteiger partial charge is 0.483 e. The van der Waals surface area contributed by atoms with Gasteiger partial charge >= 0.3 is 0 Å². The summed E-state index contributed by atoms with van der Waals surface area (Å²) in [6.45, 7) is 0.241. The van der Waals surface area contributed by atoms with Crippen LogP contribution in [0.2, 0.25) is 5.02 Å². The van der Waals surface area contributed by atoms with Crippen LogP contribution in [0.5, 0.6) is 5.75 Å². The van der Waals surface area contributed by atoms with E-state index in [1.165, 1.54) is 0 Å². The molecular weight excluding hydrogens is 468 g/mol. The second-order valence-electron chi connectivity index (χ2n) is 5.73. The van der Waals surface area contributed by atoms with Crippen LogP contribution >= 0.6 is 39.3 Å². The van der Waals surface area contributed by atoms with Crippen LogP contribution in [-0.4, -0.2) is 23.7 Å². The zero-order valence-electron chi connectivity index (χ0n) is 14.3. The zero-order chi connectivity index (χ0) is 20.1. The number of amides is 3. The van der Waals surface area contributed by atoms with E-state index in [0.717, 1.165) is 22.9 Å². The lowest BCUT2D eigenvalue weighted by Crippen LogP contribution is -2.28. The second kappa shape index (κ2) is 9.27. The number of benzene rings is 2. The van der Waals surface area contributed by atoms with Gasteiger partial charge in [-0.3, -0.25) is 19.7 Å². The van der Waals surface area contributed by atoms with Crippen molar-refractivity contribution in [3.8, 4) is 5.75 Å². The number of thioether (sulfide) groups is 1. The minimum absolute atomic E-state index is 0.139. The molecule has 0 spiro atoms. The molecule has 144 valence electrons. The molecule has 0 saturated carbocycles. The summed E-state index contributed by atoms with van der Waals surface area (Å²) in [5, 5.41) is 5.22. The maximum absolute atomic E-state index is 12.0. The van der Waals surface area contributed by atoms with Crippen LogP contribution in [0.15, 0.2) is 51.8 Å². The van der Waals surface area contributed by atoms with Crippen molar-refractivity contribution in [2.24, 2.45) is 0 Å². The van der Waals surface area contributed by atoms with Crippen LogP contribution in [0.25, 0.3) is 6.08 Å². The summed E-state index contributed by atoms with van der Waals surface area (Å²) in [5.74, 6) is -0.183. The van der Waals surface area contributed by atoms with Gasteiger partial charge in [0.2, 0.25) is 0 Å². The fourth-order valence-corrected chi connectivity index (χ4v) is 3.61. The number of carbonyl (C=O) groups excluding carboxylic acids is 3. The lowest BCUT2D eigenvalue weighted by molar-refractivity contribution is -0.123. The summed E-state index contributed by atoms with van der Waals surface area (Å²) in [5.41, 5.74) is 1.65. The molecule has 0 aromatic heterocycles. The van der Waals surface area contributed by atoms with Crippen molar-refractivity contribution in [1.82, 2.24) is 10.6 Å². The van der Waals surface area contributed by atoms with Crippen molar-refractivity contribution in [2.45, 2.75) is 6.54 Å². The van der Waals surface area contributed by atoms with Crippen LogP contribution in [-0.2, 0) is 16.1 Å². The molecular formula is C19H14BrClN2O4S. The van der Waals surface area contributed by atoms with E-state index in [1.807, 2.05) is 12.1 Å². The SMILES string of the molecule is O=C(COc1ccc(/C=C2\SC(=O)NC2=O)cc1Br)NCc1ccc(Cl)cc1. The third kappa shape index (κ3) is 5.60. The van der Waals surface area contributed by atoms with E-state index in [2.05, 4.69) is 26.6 Å². The number of rotatable bonds is 6. The first-order chi connectivity index (χ1) is 13.4. The summed E-state index contributed by atoms with van der Waals surface area (Å²) >= 11 is 10.1. The number of ether oxygens (including phenoxy) is 1. The van der Waals surface area contributed by atoms with E-state index in [4.69, 9.17) is 16.3 Å². The Morgan fingerprint density at radius 2 is 1.96 bits per heavy atom. The number of carbonyl (C=O) groups is 3. The molecule has 0 unspecified atom stereocenters. The molecule has 1 aliphatic heterocycles. The highest BCUT2D eigenvalue weighted by Crippen LogP contribution is 2.30. The predicted octanol–water partition coefficient (Wildman–Crippen LogP) is 4.12. The predicted molar refractivity (Wildman–Crippen MR) is 112 cm³/mol. The number of halogens is 2. The van der Waals surface area contributed by atoms with Gasteiger partial charge in [-0.1, -0.05) is 29.8 Å². The Morgan fingerprint density at radius 3 is 2.61 bits per heavy atom. The molecule has 0 radical (unpaired) electrons. The molecule has 0 bridgehead atoms. The van der Waals surface area contributed by atoms with Gasteiger partial charge in [0.15, 0.2) is 6.61 Å². The second-order valence-corrected chi connectivity index (χ2v) is 8.04. The van der Waals surface area contributed by atoms with Gasteiger partial charge in [-0.15, -0.1) is 0 Å². The van der Waals surface area contributed by atoms with E-state index in [1.54, 1.807) is 36.4 Å². The highest BCUT2D eigenvalue weighted by Gasteiger charge is 2.24. The van der Waals surface area contributed by atoms with Crippen LogP contribution in [0.3, 0.4) is 0 Å². The Hall–Kier alpha value is -2.29. The Labute approximate surface area is 178 Å². The van der Waals surface area contributed by atoms with Crippen LogP contribution in [0, 0.1) is 0 Å². The molecule has 9 heteroatoms. The summed E-state index contributed by atoms with van der Waals surface area (Å²) < 4.78 is 6.16. The van der Waals surface area contributed by atoms with E-state index >= 15 is 0 Å². The van der Waals surface area contributed by atoms with Gasteiger partial charge in [-0.25, -0.2) is 0 Å². The quantitative estimate of drug-likeness (QED) is 0.606. The lowest BCUT2D eigenvalue weighted by Gasteiger charge is -2.10. The third-order valence-corrected chi connectivity index (χ3v) is 5.34. The van der Waals surface area contributed by atoms with Gasteiger partial charge in [0.25, 0.3) is 17.1 Å². The summed E-state index contributed by atoms with van der Waals surface area (Å²) in [4.78, 5) is 35.1. The molecule has 28 heavy (non-hydrogen) atoms. The lowest BCUT2D eigenvalue weighted by atomic mass is 10.2. The van der Waals surface area contributed by atoms with Crippen LogP contribution < -0.4 is 15.4 Å². The molecule has 1 fully saturated rings. The molecule has 1 heterocycles. The van der Waals surface area contributed by atoms with Crippen molar-refractivity contribution in [1.29, 1.82) is 0 Å². The van der Waals surface area contributed by atoms with Crippen molar-refractivity contribution in [2.75, 3.05) is 6.61 Å². The average Bonchev–Trinajstić information content (AvgIpc) is 2.97. The monoisotopic (exact) mass is 480 g/mol. The minimum Gasteiger partial charge on any atom is -0.483 e. The smallest absolute Gasteiger partial charge is 0.290 e. The Morgan fingerprint density at radius 1 is 1.21 bits per heavy atom. The molecule has 6 nitrogen and oxygen atoms in total. The van der Waals surface area contributed by atoms with Crippen LogP contribution in [0.4, 0.5) is 4.79 Å². The van der Waals surface area contributed by atoms with Gasteiger partial charge in [-0.05, 0) is 69.2 Å².